The van der Waals surface area contributed by atoms with Gasteiger partial charge in [0.2, 0.25) is 21.8 Å². The number of rotatable bonds is 6. The van der Waals surface area contributed by atoms with Crippen LogP contribution < -0.4 is 10.1 Å². The number of nitrogens with one attached hydrogen (secondary N) is 1. The number of nitrogens with zero attached hydrogens (tertiary/aromatic N) is 2. The van der Waals surface area contributed by atoms with Crippen molar-refractivity contribution in [2.45, 2.75) is 37.0 Å². The van der Waals surface area contributed by atoms with Gasteiger partial charge in [-0.1, -0.05) is 6.42 Å². The minimum Gasteiger partial charge on any atom is -0.495 e. The van der Waals surface area contributed by atoms with Crippen LogP contribution in [0.5, 0.6) is 5.75 Å². The van der Waals surface area contributed by atoms with Crippen molar-refractivity contribution in [3.63, 3.8) is 0 Å². The van der Waals surface area contributed by atoms with Crippen molar-refractivity contribution in [3.8, 4) is 5.75 Å². The van der Waals surface area contributed by atoms with Gasteiger partial charge in [0.25, 0.3) is 0 Å². The van der Waals surface area contributed by atoms with Gasteiger partial charge in [0.15, 0.2) is 0 Å². The number of hydrogen-bond acceptors (Lipinski definition) is 5. The molecule has 2 aliphatic heterocycles. The summed E-state index contributed by atoms with van der Waals surface area (Å²) in [6.07, 6.45) is 3.92. The number of carbonyl (C=O) groups is 2. The van der Waals surface area contributed by atoms with Gasteiger partial charge in [-0.3, -0.25) is 9.59 Å². The first-order valence-electron chi connectivity index (χ1n) is 9.17. The van der Waals surface area contributed by atoms with E-state index in [1.165, 1.54) is 28.4 Å². The molecule has 2 saturated heterocycles. The molecule has 0 unspecified atom stereocenters. The highest BCUT2D eigenvalue weighted by Crippen LogP contribution is 2.31. The second kappa shape index (κ2) is 8.26. The zero-order valence-corrected chi connectivity index (χ0v) is 16.3. The molecule has 27 heavy (non-hydrogen) atoms. The van der Waals surface area contributed by atoms with Crippen molar-refractivity contribution in [3.05, 3.63) is 18.2 Å². The Morgan fingerprint density at radius 2 is 1.89 bits per heavy atom. The fourth-order valence-electron chi connectivity index (χ4n) is 3.45. The lowest BCUT2D eigenvalue weighted by Crippen LogP contribution is -2.36. The Labute approximate surface area is 159 Å². The Morgan fingerprint density at radius 1 is 1.15 bits per heavy atom. The molecule has 0 aromatic heterocycles. The molecule has 0 atom stereocenters. The van der Waals surface area contributed by atoms with Crippen molar-refractivity contribution in [2.75, 3.05) is 38.6 Å². The van der Waals surface area contributed by atoms with Gasteiger partial charge < -0.3 is 15.0 Å². The minimum absolute atomic E-state index is 0.0287. The van der Waals surface area contributed by atoms with E-state index >= 15 is 0 Å². The lowest BCUT2D eigenvalue weighted by molar-refractivity contribution is -0.131. The SMILES string of the molecule is COc1ccc(NC(=O)CN2CCCC2=O)cc1S(=O)(=O)N1CCCCC1. The van der Waals surface area contributed by atoms with Crippen LogP contribution >= 0.6 is 0 Å². The maximum atomic E-state index is 13.0. The number of benzene rings is 1. The van der Waals surface area contributed by atoms with E-state index < -0.39 is 10.0 Å². The van der Waals surface area contributed by atoms with Gasteiger partial charge in [-0.2, -0.15) is 4.31 Å². The molecule has 0 spiro atoms. The highest BCUT2D eigenvalue weighted by Gasteiger charge is 2.29. The van der Waals surface area contributed by atoms with Crippen LogP contribution in [0.3, 0.4) is 0 Å². The third kappa shape index (κ3) is 4.41. The Balaban J connectivity index is 1.78. The van der Waals surface area contributed by atoms with Crippen LogP contribution in [0.15, 0.2) is 23.1 Å². The van der Waals surface area contributed by atoms with E-state index in [4.69, 9.17) is 4.74 Å². The third-order valence-electron chi connectivity index (χ3n) is 4.89. The van der Waals surface area contributed by atoms with Gasteiger partial charge in [-0.25, -0.2) is 8.42 Å². The molecule has 0 bridgehead atoms. The predicted molar refractivity (Wildman–Crippen MR) is 100 cm³/mol. The molecule has 0 saturated carbocycles. The van der Waals surface area contributed by atoms with Gasteiger partial charge in [0.05, 0.1) is 13.7 Å². The molecule has 2 heterocycles. The Hall–Kier alpha value is -2.13. The molecule has 1 N–H and O–H groups in total. The molecule has 1 aromatic carbocycles. The molecular formula is C18H25N3O5S. The highest BCUT2D eigenvalue weighted by atomic mass is 32.2. The average Bonchev–Trinajstić information content (AvgIpc) is 3.07. The van der Waals surface area contributed by atoms with Crippen LogP contribution in [0.1, 0.15) is 32.1 Å². The molecule has 9 heteroatoms. The zero-order valence-electron chi connectivity index (χ0n) is 15.4. The summed E-state index contributed by atoms with van der Waals surface area (Å²) >= 11 is 0. The Kier molecular flexibility index (Phi) is 6.01. The van der Waals surface area contributed by atoms with E-state index in [-0.39, 0.29) is 29.0 Å². The molecule has 148 valence electrons. The lowest BCUT2D eigenvalue weighted by Gasteiger charge is -2.26. The number of piperidine rings is 1. The van der Waals surface area contributed by atoms with Crippen LogP contribution in [0.4, 0.5) is 5.69 Å². The predicted octanol–water partition coefficient (Wildman–Crippen LogP) is 1.43. The molecule has 2 aliphatic rings. The van der Waals surface area contributed by atoms with Gasteiger partial charge in [-0.15, -0.1) is 0 Å². The fraction of sp³-hybridized carbons (Fsp3) is 0.556. The number of methoxy groups -OCH3 is 1. The summed E-state index contributed by atoms with van der Waals surface area (Å²) in [4.78, 5) is 25.4. The number of hydrogen-bond donors (Lipinski definition) is 1. The van der Waals surface area contributed by atoms with Crippen LogP contribution in [0.25, 0.3) is 0 Å². The maximum absolute atomic E-state index is 13.0. The first kappa shape index (κ1) is 19.6. The highest BCUT2D eigenvalue weighted by molar-refractivity contribution is 7.89. The Bertz CT molecular complexity index is 818. The van der Waals surface area contributed by atoms with Gasteiger partial charge in [0, 0.05) is 31.7 Å². The standard InChI is InChI=1S/C18H25N3O5S/c1-26-15-8-7-14(19-17(22)13-20-9-5-6-18(20)23)12-16(15)27(24,25)21-10-3-2-4-11-21/h7-8,12H,2-6,9-11,13H2,1H3,(H,19,22). The summed E-state index contributed by atoms with van der Waals surface area (Å²) in [6, 6.07) is 4.55. The molecule has 2 amide bonds. The van der Waals surface area contributed by atoms with Crippen molar-refractivity contribution < 1.29 is 22.7 Å². The normalized spacial score (nSPS) is 18.6. The largest absolute Gasteiger partial charge is 0.495 e. The first-order chi connectivity index (χ1) is 12.9. The summed E-state index contributed by atoms with van der Waals surface area (Å²) in [5, 5.41) is 2.68. The summed E-state index contributed by atoms with van der Waals surface area (Å²) in [5.41, 5.74) is 0.364. The van der Waals surface area contributed by atoms with Crippen molar-refractivity contribution in [1.82, 2.24) is 9.21 Å². The molecule has 2 fully saturated rings. The quantitative estimate of drug-likeness (QED) is 0.786. The van der Waals surface area contributed by atoms with E-state index in [1.807, 2.05) is 0 Å². The number of carbonyl (C=O) groups excluding carboxylic acids is 2. The van der Waals surface area contributed by atoms with E-state index in [0.717, 1.165) is 25.7 Å². The molecule has 3 rings (SSSR count). The van der Waals surface area contributed by atoms with E-state index in [0.29, 0.717) is 31.7 Å². The monoisotopic (exact) mass is 395 g/mol. The zero-order chi connectivity index (χ0) is 19.4. The lowest BCUT2D eigenvalue weighted by atomic mass is 10.2. The van der Waals surface area contributed by atoms with Crippen molar-refractivity contribution in [1.29, 1.82) is 0 Å². The number of likely N-dealkylation sites (tertiary alicyclic amines) is 1. The van der Waals surface area contributed by atoms with Crippen molar-refractivity contribution >= 4 is 27.5 Å². The smallest absolute Gasteiger partial charge is 0.246 e. The first-order valence-corrected chi connectivity index (χ1v) is 10.6. The summed E-state index contributed by atoms with van der Waals surface area (Å²) in [6.45, 7) is 1.51. The van der Waals surface area contributed by atoms with E-state index in [9.17, 15) is 18.0 Å². The second-order valence-electron chi connectivity index (χ2n) is 6.80. The van der Waals surface area contributed by atoms with Crippen LogP contribution in [0, 0.1) is 0 Å². The summed E-state index contributed by atoms with van der Waals surface area (Å²) in [7, 11) is -2.28. The number of anilines is 1. The Morgan fingerprint density at radius 3 is 2.52 bits per heavy atom. The molecule has 0 aliphatic carbocycles. The minimum atomic E-state index is -3.70. The third-order valence-corrected chi connectivity index (χ3v) is 6.81. The number of sulfonamides is 1. The van der Waals surface area contributed by atoms with E-state index in [2.05, 4.69) is 5.32 Å². The number of amides is 2. The number of ether oxygens (including phenoxy) is 1. The summed E-state index contributed by atoms with van der Waals surface area (Å²) in [5.74, 6) is -0.140. The van der Waals surface area contributed by atoms with Crippen LogP contribution in [0.2, 0.25) is 0 Å². The maximum Gasteiger partial charge on any atom is 0.246 e. The van der Waals surface area contributed by atoms with E-state index in [1.54, 1.807) is 6.07 Å². The second-order valence-corrected chi connectivity index (χ2v) is 8.70. The fourth-order valence-corrected chi connectivity index (χ4v) is 5.14. The molecular weight excluding hydrogens is 370 g/mol. The topological polar surface area (TPSA) is 96.0 Å². The average molecular weight is 395 g/mol. The van der Waals surface area contributed by atoms with Gasteiger partial charge in [0.1, 0.15) is 10.6 Å². The van der Waals surface area contributed by atoms with Gasteiger partial charge >= 0.3 is 0 Å². The van der Waals surface area contributed by atoms with Crippen LogP contribution in [-0.4, -0.2) is 62.7 Å². The van der Waals surface area contributed by atoms with Crippen molar-refractivity contribution in [2.24, 2.45) is 0 Å². The molecule has 8 nitrogen and oxygen atoms in total. The summed E-state index contributed by atoms with van der Waals surface area (Å²) < 4.78 is 32.7. The van der Waals surface area contributed by atoms with Crippen LogP contribution in [-0.2, 0) is 19.6 Å². The molecule has 0 radical (unpaired) electrons. The molecule has 1 aromatic rings. The van der Waals surface area contributed by atoms with Gasteiger partial charge in [-0.05, 0) is 37.5 Å².